The van der Waals surface area contributed by atoms with Gasteiger partial charge in [-0.2, -0.15) is 0 Å². The smallest absolute Gasteiger partial charge is 0.137 e. The zero-order valence-electron chi connectivity index (χ0n) is 36.9. The summed E-state index contributed by atoms with van der Waals surface area (Å²) >= 11 is 0. The third kappa shape index (κ3) is 13.4. The number of benzene rings is 2. The van der Waals surface area contributed by atoms with Crippen molar-refractivity contribution in [3.05, 3.63) is 119 Å². The Balaban J connectivity index is 0.00000514. The van der Waals surface area contributed by atoms with E-state index in [-0.39, 0.29) is 16.9 Å². The number of aromatic nitrogens is 2. The summed E-state index contributed by atoms with van der Waals surface area (Å²) in [6.07, 6.45) is 14.7. The first kappa shape index (κ1) is 47.3. The maximum absolute atomic E-state index is 6.03. The van der Waals surface area contributed by atoms with Gasteiger partial charge in [-0.3, -0.25) is 4.90 Å². The highest BCUT2D eigenvalue weighted by Gasteiger charge is 2.37. The molecule has 0 amide bonds. The summed E-state index contributed by atoms with van der Waals surface area (Å²) in [6, 6.07) is 12.9. The quantitative estimate of drug-likeness (QED) is 0.0464. The predicted molar refractivity (Wildman–Crippen MR) is 245 cm³/mol. The second-order valence-electron chi connectivity index (χ2n) is 16.1. The minimum absolute atomic E-state index is 0.0802. The SMILES string of the molecule is CC.[B]c1cccc(CNc2nc(C)nc3cc(CC(C)(C)C(C)(C)CCCC/C(C)=C(CN(C)C(CCC=C)C(=C)NC)/C(C=C)=C\C)c(CC)cc23)c1. The molecule has 2 radical (unpaired) electrons. The first-order valence-corrected chi connectivity index (χ1v) is 20.6. The van der Waals surface area contributed by atoms with Crippen LogP contribution in [-0.4, -0.2) is 49.4 Å². The lowest BCUT2D eigenvalue weighted by Gasteiger charge is -2.43. The highest BCUT2D eigenvalue weighted by atomic mass is 15.1. The van der Waals surface area contributed by atoms with Crippen molar-refractivity contribution in [2.45, 2.75) is 133 Å². The Morgan fingerprint density at radius 2 is 1.73 bits per heavy atom. The number of rotatable bonds is 22. The molecule has 0 aliphatic rings. The van der Waals surface area contributed by atoms with E-state index in [9.17, 15) is 0 Å². The van der Waals surface area contributed by atoms with E-state index in [1.54, 1.807) is 0 Å². The zero-order valence-corrected chi connectivity index (χ0v) is 36.9. The molecular formula is C49H74BN5. The van der Waals surface area contributed by atoms with Crippen LogP contribution < -0.4 is 16.1 Å². The number of hydrogen-bond donors (Lipinski definition) is 2. The standard InChI is InChI=1S/C47H68BN5.C2H6/c1-14-18-25-44(34(6)49-12)53(13)32-42(37(15-2)16-3)33(5)22-19-20-26-46(8,9)47(10,11)30-39-29-43-41(28-38(39)17-4)45(52-35(7)51-43)50-31-36-23-21-24-40(48)27-36;1-2/h14-16,21,23-24,27-29,44,49H,1-2,6,17-20,22,25-26,30-32H2,3-5,7-13H3,(H,50,51,52);1-2H3/b37-16-,42-33+;. The monoisotopic (exact) mass is 744 g/mol. The van der Waals surface area contributed by atoms with Crippen LogP contribution in [0.5, 0.6) is 0 Å². The van der Waals surface area contributed by atoms with Crippen LogP contribution in [0, 0.1) is 17.8 Å². The third-order valence-corrected chi connectivity index (χ3v) is 11.7. The van der Waals surface area contributed by atoms with Gasteiger partial charge in [0.15, 0.2) is 0 Å². The Kier molecular flexibility index (Phi) is 19.4. The molecule has 0 spiro atoms. The van der Waals surface area contributed by atoms with Crippen LogP contribution in [0.3, 0.4) is 0 Å². The molecule has 2 aromatic carbocycles. The van der Waals surface area contributed by atoms with Gasteiger partial charge in [0.1, 0.15) is 19.5 Å². The van der Waals surface area contributed by atoms with E-state index in [2.05, 4.69) is 115 Å². The van der Waals surface area contributed by atoms with Crippen LogP contribution in [0.15, 0.2) is 96.8 Å². The predicted octanol–water partition coefficient (Wildman–Crippen LogP) is 11.5. The molecule has 0 saturated carbocycles. The Bertz CT molecular complexity index is 1780. The Labute approximate surface area is 338 Å². The molecule has 0 bridgehead atoms. The van der Waals surface area contributed by atoms with Gasteiger partial charge < -0.3 is 10.6 Å². The Morgan fingerprint density at radius 1 is 1.02 bits per heavy atom. The molecule has 6 heteroatoms. The largest absolute Gasteiger partial charge is 0.391 e. The lowest BCUT2D eigenvalue weighted by molar-refractivity contribution is 0.0949. The van der Waals surface area contributed by atoms with Crippen LogP contribution in [0.4, 0.5) is 5.82 Å². The van der Waals surface area contributed by atoms with Crippen molar-refractivity contribution in [3.8, 4) is 0 Å². The minimum Gasteiger partial charge on any atom is -0.391 e. The molecule has 0 aliphatic heterocycles. The molecule has 3 aromatic rings. The fourth-order valence-electron chi connectivity index (χ4n) is 7.41. The number of unbranched alkanes of at least 4 members (excludes halogenated alkanes) is 1. The van der Waals surface area contributed by atoms with Crippen LogP contribution in [-0.2, 0) is 19.4 Å². The van der Waals surface area contributed by atoms with Crippen molar-refractivity contribution < 1.29 is 0 Å². The molecule has 0 aliphatic carbocycles. The zero-order chi connectivity index (χ0) is 41.3. The van der Waals surface area contributed by atoms with Crippen molar-refractivity contribution in [3.63, 3.8) is 0 Å². The second kappa shape index (κ2) is 22.6. The number of allylic oxidation sites excluding steroid dienone is 4. The van der Waals surface area contributed by atoms with Gasteiger partial charge in [-0.15, -0.1) is 6.58 Å². The molecular weight excluding hydrogens is 669 g/mol. The van der Waals surface area contributed by atoms with Crippen molar-refractivity contribution >= 4 is 30.0 Å². The maximum Gasteiger partial charge on any atom is 0.137 e. The molecule has 1 aromatic heterocycles. The summed E-state index contributed by atoms with van der Waals surface area (Å²) in [5.74, 6) is 1.65. The molecule has 1 atom stereocenters. The van der Waals surface area contributed by atoms with E-state index in [0.717, 1.165) is 84.3 Å². The van der Waals surface area contributed by atoms with Gasteiger partial charge in [-0.25, -0.2) is 9.97 Å². The first-order valence-electron chi connectivity index (χ1n) is 20.6. The molecule has 55 heavy (non-hydrogen) atoms. The Hall–Kier alpha value is -3.90. The molecule has 3 rings (SSSR count). The summed E-state index contributed by atoms with van der Waals surface area (Å²) in [5.41, 5.74) is 11.0. The maximum atomic E-state index is 6.03. The van der Waals surface area contributed by atoms with Crippen molar-refractivity contribution in [1.29, 1.82) is 0 Å². The molecule has 1 unspecified atom stereocenters. The van der Waals surface area contributed by atoms with Gasteiger partial charge in [-0.1, -0.05) is 122 Å². The van der Waals surface area contributed by atoms with E-state index in [1.165, 1.54) is 40.7 Å². The third-order valence-electron chi connectivity index (χ3n) is 11.7. The first-order chi connectivity index (χ1) is 26.1. The fourth-order valence-corrected chi connectivity index (χ4v) is 7.41. The highest BCUT2D eigenvalue weighted by molar-refractivity contribution is 6.32. The van der Waals surface area contributed by atoms with Gasteiger partial charge in [0.05, 0.1) is 5.52 Å². The van der Waals surface area contributed by atoms with E-state index in [4.69, 9.17) is 17.8 Å². The number of likely N-dealkylation sites (N-methyl/N-ethyl adjacent to an activating group) is 2. The number of hydrogen-bond acceptors (Lipinski definition) is 5. The second-order valence-corrected chi connectivity index (χ2v) is 16.1. The molecule has 0 fully saturated rings. The summed E-state index contributed by atoms with van der Waals surface area (Å²) in [7, 11) is 10.2. The number of aryl methyl sites for hydroxylation is 2. The van der Waals surface area contributed by atoms with E-state index >= 15 is 0 Å². The average molecular weight is 744 g/mol. The van der Waals surface area contributed by atoms with Gasteiger partial charge in [0.25, 0.3) is 0 Å². The van der Waals surface area contributed by atoms with Crippen molar-refractivity contribution in [1.82, 2.24) is 20.2 Å². The van der Waals surface area contributed by atoms with E-state index in [0.29, 0.717) is 6.54 Å². The number of fused-ring (bicyclic) bond motifs is 1. The van der Waals surface area contributed by atoms with Gasteiger partial charge >= 0.3 is 0 Å². The van der Waals surface area contributed by atoms with Crippen molar-refractivity contribution in [2.24, 2.45) is 10.8 Å². The lowest BCUT2D eigenvalue weighted by Crippen LogP contribution is -2.38. The van der Waals surface area contributed by atoms with Crippen LogP contribution in [0.1, 0.15) is 123 Å². The molecule has 1 heterocycles. The minimum atomic E-state index is 0.0802. The summed E-state index contributed by atoms with van der Waals surface area (Å²) in [6.45, 7) is 36.4. The molecule has 298 valence electrons. The van der Waals surface area contributed by atoms with E-state index < -0.39 is 0 Å². The lowest BCUT2D eigenvalue weighted by atomic mass is 9.62. The van der Waals surface area contributed by atoms with Crippen molar-refractivity contribution in [2.75, 3.05) is 26.0 Å². The van der Waals surface area contributed by atoms with Crippen LogP contribution in [0.2, 0.25) is 0 Å². The normalized spacial score (nSPS) is 13.1. The van der Waals surface area contributed by atoms with Gasteiger partial charge in [0.2, 0.25) is 0 Å². The summed E-state index contributed by atoms with van der Waals surface area (Å²) < 4.78 is 0. The highest BCUT2D eigenvalue weighted by Crippen LogP contribution is 2.46. The van der Waals surface area contributed by atoms with Crippen LogP contribution in [0.25, 0.3) is 10.9 Å². The topological polar surface area (TPSA) is 53.1 Å². The molecule has 2 N–H and O–H groups in total. The molecule has 0 saturated heterocycles. The fraction of sp³-hybridized carbons (Fsp3) is 0.510. The molecule has 5 nitrogen and oxygen atoms in total. The van der Waals surface area contributed by atoms with Gasteiger partial charge in [0, 0.05) is 37.3 Å². The van der Waals surface area contributed by atoms with Gasteiger partial charge in [-0.05, 0) is 124 Å². The number of nitrogens with zero attached hydrogens (tertiary/aromatic N) is 3. The van der Waals surface area contributed by atoms with E-state index in [1.807, 2.05) is 58.2 Å². The Morgan fingerprint density at radius 3 is 2.33 bits per heavy atom. The summed E-state index contributed by atoms with van der Waals surface area (Å²) in [4.78, 5) is 12.1. The summed E-state index contributed by atoms with van der Waals surface area (Å²) in [5, 5.41) is 7.94. The van der Waals surface area contributed by atoms with Crippen LogP contribution >= 0.6 is 0 Å². The average Bonchev–Trinajstić information content (AvgIpc) is 3.15. The number of nitrogens with one attached hydrogen (secondary N) is 2. The number of anilines is 1.